The van der Waals surface area contributed by atoms with Crippen molar-refractivity contribution < 1.29 is 19.1 Å². The van der Waals surface area contributed by atoms with E-state index in [0.717, 1.165) is 18.4 Å². The van der Waals surface area contributed by atoms with E-state index in [1.54, 1.807) is 12.5 Å². The van der Waals surface area contributed by atoms with Gasteiger partial charge in [-0.1, -0.05) is 48.5 Å². The molecule has 158 valence electrons. The minimum atomic E-state index is -0.932. The number of fused-ring (bicyclic) bond motifs is 5. The van der Waals surface area contributed by atoms with E-state index in [1.165, 1.54) is 22.3 Å². The maximum absolute atomic E-state index is 13.1. The molecule has 6 rings (SSSR count). The Hall–Kier alpha value is -3.05. The fourth-order valence-electron chi connectivity index (χ4n) is 5.96. The van der Waals surface area contributed by atoms with E-state index >= 15 is 0 Å². The molecule has 5 nitrogen and oxygen atoms in total. The number of nitrogens with zero attached hydrogens (tertiary/aromatic N) is 1. The molecule has 3 aromatic rings. The number of ether oxygens (including phenoxy) is 1. The Morgan fingerprint density at radius 3 is 2.19 bits per heavy atom. The van der Waals surface area contributed by atoms with Crippen molar-refractivity contribution >= 4 is 6.09 Å². The van der Waals surface area contributed by atoms with Gasteiger partial charge in [0, 0.05) is 36.4 Å². The zero-order valence-electron chi connectivity index (χ0n) is 17.2. The first kappa shape index (κ1) is 18.7. The molecule has 1 amide bonds. The van der Waals surface area contributed by atoms with Gasteiger partial charge in [0.15, 0.2) is 0 Å². The molecule has 1 N–H and O–H groups in total. The SMILES string of the molecule is O=C(OCC1c2ccccc2-c2ccccc21)N1C2CCC1CC(O)(c1ccoc1)C2. The molecule has 2 aromatic carbocycles. The van der Waals surface area contributed by atoms with Crippen LogP contribution in [0, 0.1) is 0 Å². The Morgan fingerprint density at radius 1 is 1.00 bits per heavy atom. The fraction of sp³-hybridized carbons (Fsp3) is 0.346. The predicted octanol–water partition coefficient (Wildman–Crippen LogP) is 5.04. The summed E-state index contributed by atoms with van der Waals surface area (Å²) in [4.78, 5) is 15.0. The van der Waals surface area contributed by atoms with Crippen molar-refractivity contribution in [2.24, 2.45) is 0 Å². The molecule has 0 radical (unpaired) electrons. The van der Waals surface area contributed by atoms with Crippen LogP contribution in [0.25, 0.3) is 11.1 Å². The molecule has 0 spiro atoms. The normalized spacial score (nSPS) is 26.5. The molecule has 2 bridgehead atoms. The van der Waals surface area contributed by atoms with Gasteiger partial charge in [-0.25, -0.2) is 4.79 Å². The molecule has 3 aliphatic rings. The Kier molecular flexibility index (Phi) is 4.22. The number of furan rings is 1. The summed E-state index contributed by atoms with van der Waals surface area (Å²) in [5.41, 5.74) is 4.75. The van der Waals surface area contributed by atoms with Crippen molar-refractivity contribution in [3.8, 4) is 11.1 Å². The predicted molar refractivity (Wildman–Crippen MR) is 116 cm³/mol. The molecule has 0 saturated carbocycles. The number of carbonyl (C=O) groups excluding carboxylic acids is 1. The first-order valence-electron chi connectivity index (χ1n) is 11.0. The minimum absolute atomic E-state index is 0.00528. The van der Waals surface area contributed by atoms with Crippen molar-refractivity contribution in [2.45, 2.75) is 49.3 Å². The fourth-order valence-corrected chi connectivity index (χ4v) is 5.96. The van der Waals surface area contributed by atoms with Gasteiger partial charge in [0.2, 0.25) is 0 Å². The molecule has 31 heavy (non-hydrogen) atoms. The second kappa shape index (κ2) is 6.99. The van der Waals surface area contributed by atoms with Gasteiger partial charge < -0.3 is 19.2 Å². The van der Waals surface area contributed by atoms with Gasteiger partial charge in [0.05, 0.1) is 18.1 Å². The molecule has 2 saturated heterocycles. The van der Waals surface area contributed by atoms with Crippen LogP contribution in [0.1, 0.15) is 48.3 Å². The number of hydrogen-bond donors (Lipinski definition) is 1. The van der Waals surface area contributed by atoms with Gasteiger partial charge in [-0.2, -0.15) is 0 Å². The molecule has 1 aliphatic carbocycles. The average Bonchev–Trinajstić information content (AvgIpc) is 3.49. The summed E-state index contributed by atoms with van der Waals surface area (Å²) in [6, 6.07) is 18.5. The molecule has 2 atom stereocenters. The average molecular weight is 415 g/mol. The van der Waals surface area contributed by atoms with Gasteiger partial charge in [-0.3, -0.25) is 0 Å². The third-order valence-corrected chi connectivity index (χ3v) is 7.37. The molecular weight excluding hydrogens is 390 g/mol. The largest absolute Gasteiger partial charge is 0.472 e. The van der Waals surface area contributed by atoms with Gasteiger partial charge in [-0.15, -0.1) is 0 Å². The highest BCUT2D eigenvalue weighted by molar-refractivity contribution is 5.79. The topological polar surface area (TPSA) is 62.9 Å². The summed E-state index contributed by atoms with van der Waals surface area (Å²) >= 11 is 0. The molecular formula is C26H25NO4. The Bertz CT molecular complexity index is 1060. The summed E-state index contributed by atoms with van der Waals surface area (Å²) in [5.74, 6) is 0.0571. The van der Waals surface area contributed by atoms with E-state index in [-0.39, 0.29) is 24.1 Å². The Morgan fingerprint density at radius 2 is 1.61 bits per heavy atom. The van der Waals surface area contributed by atoms with Crippen molar-refractivity contribution in [3.63, 3.8) is 0 Å². The molecule has 5 heteroatoms. The highest BCUT2D eigenvalue weighted by atomic mass is 16.6. The van der Waals surface area contributed by atoms with Crippen molar-refractivity contribution in [1.82, 2.24) is 4.90 Å². The highest BCUT2D eigenvalue weighted by Crippen LogP contribution is 2.47. The third-order valence-electron chi connectivity index (χ3n) is 7.37. The lowest BCUT2D eigenvalue weighted by Gasteiger charge is -2.42. The molecule has 2 unspecified atom stereocenters. The van der Waals surface area contributed by atoms with Crippen molar-refractivity contribution in [3.05, 3.63) is 83.8 Å². The zero-order valence-corrected chi connectivity index (χ0v) is 17.2. The number of amides is 1. The maximum Gasteiger partial charge on any atom is 0.410 e. The van der Waals surface area contributed by atoms with Crippen LogP contribution in [0.4, 0.5) is 4.79 Å². The van der Waals surface area contributed by atoms with Gasteiger partial charge >= 0.3 is 6.09 Å². The number of benzene rings is 2. The van der Waals surface area contributed by atoms with Gasteiger partial charge in [0.1, 0.15) is 6.61 Å². The first-order chi connectivity index (χ1) is 15.1. The molecule has 1 aromatic heterocycles. The van der Waals surface area contributed by atoms with E-state index in [2.05, 4.69) is 36.4 Å². The maximum atomic E-state index is 13.1. The van der Waals surface area contributed by atoms with E-state index in [9.17, 15) is 9.90 Å². The van der Waals surface area contributed by atoms with Crippen LogP contribution in [0.2, 0.25) is 0 Å². The highest BCUT2D eigenvalue weighted by Gasteiger charge is 2.51. The lowest BCUT2D eigenvalue weighted by Crippen LogP contribution is -2.52. The molecule has 3 heterocycles. The molecule has 2 aliphatic heterocycles. The summed E-state index contributed by atoms with van der Waals surface area (Å²) < 4.78 is 11.1. The third kappa shape index (κ3) is 2.91. The van der Waals surface area contributed by atoms with Gasteiger partial charge in [0.25, 0.3) is 0 Å². The number of carbonyl (C=O) groups is 1. The van der Waals surface area contributed by atoms with E-state index in [0.29, 0.717) is 19.4 Å². The summed E-state index contributed by atoms with van der Waals surface area (Å²) in [6.45, 7) is 0.328. The number of aliphatic hydroxyl groups is 1. The molecule has 2 fully saturated rings. The number of rotatable bonds is 3. The lowest BCUT2D eigenvalue weighted by molar-refractivity contribution is -0.0534. The van der Waals surface area contributed by atoms with Crippen molar-refractivity contribution in [1.29, 1.82) is 0 Å². The lowest BCUT2D eigenvalue weighted by atomic mass is 9.82. The van der Waals surface area contributed by atoms with Crippen LogP contribution in [0.5, 0.6) is 0 Å². The Balaban J connectivity index is 1.19. The summed E-state index contributed by atoms with van der Waals surface area (Å²) in [6.07, 6.45) is 5.78. The second-order valence-corrected chi connectivity index (χ2v) is 9.05. The van der Waals surface area contributed by atoms with Crippen molar-refractivity contribution in [2.75, 3.05) is 6.61 Å². The quantitative estimate of drug-likeness (QED) is 0.651. The second-order valence-electron chi connectivity index (χ2n) is 9.05. The zero-order chi connectivity index (χ0) is 21.0. The van der Waals surface area contributed by atoms with Crippen LogP contribution >= 0.6 is 0 Å². The van der Waals surface area contributed by atoms with Gasteiger partial charge in [-0.05, 0) is 41.2 Å². The number of hydrogen-bond acceptors (Lipinski definition) is 4. The summed E-state index contributed by atoms with van der Waals surface area (Å²) in [7, 11) is 0. The van der Waals surface area contributed by atoms with Crippen LogP contribution < -0.4 is 0 Å². The van der Waals surface area contributed by atoms with E-state index < -0.39 is 5.60 Å². The van der Waals surface area contributed by atoms with E-state index in [4.69, 9.17) is 9.15 Å². The first-order valence-corrected chi connectivity index (χ1v) is 11.0. The monoisotopic (exact) mass is 415 g/mol. The standard InChI is InChI=1S/C26H25NO4/c28-25(27-18-9-10-19(27)14-26(29,13-18)17-11-12-30-15-17)31-16-24-22-7-3-1-5-20(22)21-6-2-4-8-23(21)24/h1-8,11-12,15,18-19,24,29H,9-10,13-14,16H2. The Labute approximate surface area is 181 Å². The van der Waals surface area contributed by atoms with E-state index in [1.807, 2.05) is 23.1 Å². The summed E-state index contributed by atoms with van der Waals surface area (Å²) in [5, 5.41) is 11.2. The minimum Gasteiger partial charge on any atom is -0.472 e. The van der Waals surface area contributed by atoms with Crippen LogP contribution in [0.3, 0.4) is 0 Å². The van der Waals surface area contributed by atoms with Crippen LogP contribution in [-0.2, 0) is 10.3 Å². The number of piperidine rings is 1. The van der Waals surface area contributed by atoms with Crippen LogP contribution in [0.15, 0.2) is 71.5 Å². The smallest absolute Gasteiger partial charge is 0.410 e. The van der Waals surface area contributed by atoms with Crippen LogP contribution in [-0.4, -0.2) is 34.8 Å².